The highest BCUT2D eigenvalue weighted by molar-refractivity contribution is 6.42. The van der Waals surface area contributed by atoms with Crippen LogP contribution in [0.1, 0.15) is 31.2 Å². The summed E-state index contributed by atoms with van der Waals surface area (Å²) in [5.74, 6) is 1.29. The maximum absolute atomic E-state index is 13.0. The van der Waals surface area contributed by atoms with E-state index in [-0.39, 0.29) is 0 Å². The quantitative estimate of drug-likeness (QED) is 0.665. The van der Waals surface area contributed by atoms with E-state index in [4.69, 9.17) is 23.2 Å². The molecule has 1 aromatic carbocycles. The van der Waals surface area contributed by atoms with Crippen molar-refractivity contribution in [3.05, 3.63) is 39.7 Å². The summed E-state index contributed by atoms with van der Waals surface area (Å²) in [6.07, 6.45) is 2.31. The third-order valence-corrected chi connectivity index (χ3v) is 3.59. The number of alkyl halides is 1. The third kappa shape index (κ3) is 2.64. The average molecular weight is 246 g/mol. The number of hydrogen-bond acceptors (Lipinski definition) is 0. The molecule has 0 N–H and O–H groups in total. The van der Waals surface area contributed by atoms with Gasteiger partial charge in [-0.25, -0.2) is 4.39 Å². The number of halogens is 3. The molecule has 0 nitrogen and oxygen atoms in total. The van der Waals surface area contributed by atoms with Gasteiger partial charge in [-0.15, -0.1) is 0 Å². The van der Waals surface area contributed by atoms with Gasteiger partial charge in [0.25, 0.3) is 0 Å². The van der Waals surface area contributed by atoms with Gasteiger partial charge in [0, 0.05) is 5.92 Å². The molecule has 1 radical (unpaired) electrons. The Hall–Kier alpha value is -0.270. The summed E-state index contributed by atoms with van der Waals surface area (Å²) in [5.41, 5.74) is 1.11. The molecular formula is C12H12Cl2F. The standard InChI is InChI=1S/C12H12Cl2F/c13-11-6-3-9(7-12(11)14)8-1-4-10(15)5-2-8/h3,6-7,10H,1-2,4-5H2. The van der Waals surface area contributed by atoms with Gasteiger partial charge < -0.3 is 0 Å². The Kier molecular flexibility index (Phi) is 3.53. The van der Waals surface area contributed by atoms with E-state index in [0.717, 1.165) is 18.4 Å². The summed E-state index contributed by atoms with van der Waals surface area (Å²) in [7, 11) is 0. The fraction of sp³-hybridized carbons (Fsp3) is 0.417. The SMILES string of the molecule is FC1CC[C](c2ccc(Cl)c(Cl)c2)CC1. The van der Waals surface area contributed by atoms with Crippen LogP contribution in [0, 0.1) is 5.92 Å². The maximum Gasteiger partial charge on any atom is 0.100 e. The smallest absolute Gasteiger partial charge is 0.100 e. The van der Waals surface area contributed by atoms with Gasteiger partial charge in [-0.3, -0.25) is 0 Å². The number of benzene rings is 1. The van der Waals surface area contributed by atoms with Gasteiger partial charge in [0.05, 0.1) is 10.0 Å². The highest BCUT2D eigenvalue weighted by atomic mass is 35.5. The summed E-state index contributed by atoms with van der Waals surface area (Å²) >= 11 is 11.8. The Bertz CT molecular complexity index is 343. The fourth-order valence-corrected chi connectivity index (χ4v) is 2.23. The zero-order valence-electron chi connectivity index (χ0n) is 8.27. The molecule has 1 aliphatic rings. The average Bonchev–Trinajstić information content (AvgIpc) is 2.23. The summed E-state index contributed by atoms with van der Waals surface area (Å²) in [6.45, 7) is 0. The second-order valence-corrected chi connectivity index (χ2v) is 4.72. The third-order valence-electron chi connectivity index (χ3n) is 2.85. The Morgan fingerprint density at radius 2 is 1.73 bits per heavy atom. The molecule has 81 valence electrons. The van der Waals surface area contributed by atoms with E-state index in [0.29, 0.717) is 22.9 Å². The van der Waals surface area contributed by atoms with Gasteiger partial charge >= 0.3 is 0 Å². The van der Waals surface area contributed by atoms with E-state index in [1.807, 2.05) is 12.1 Å². The van der Waals surface area contributed by atoms with Gasteiger partial charge in [-0.05, 0) is 43.4 Å². The summed E-state index contributed by atoms with van der Waals surface area (Å²) in [5, 5.41) is 1.14. The zero-order valence-corrected chi connectivity index (χ0v) is 9.78. The van der Waals surface area contributed by atoms with Crippen LogP contribution >= 0.6 is 23.2 Å². The fourth-order valence-electron chi connectivity index (χ4n) is 1.94. The van der Waals surface area contributed by atoms with Crippen LogP contribution in [-0.2, 0) is 0 Å². The molecule has 0 unspecified atom stereocenters. The van der Waals surface area contributed by atoms with Crippen LogP contribution in [0.15, 0.2) is 18.2 Å². The molecule has 15 heavy (non-hydrogen) atoms. The van der Waals surface area contributed by atoms with Crippen LogP contribution in [0.25, 0.3) is 0 Å². The van der Waals surface area contributed by atoms with Gasteiger partial charge in [-0.1, -0.05) is 29.3 Å². The molecule has 0 heterocycles. The van der Waals surface area contributed by atoms with Gasteiger partial charge in [0.1, 0.15) is 6.17 Å². The van der Waals surface area contributed by atoms with Crippen LogP contribution in [0.5, 0.6) is 0 Å². The topological polar surface area (TPSA) is 0 Å². The van der Waals surface area contributed by atoms with Crippen molar-refractivity contribution in [3.63, 3.8) is 0 Å². The van der Waals surface area contributed by atoms with Crippen molar-refractivity contribution in [2.45, 2.75) is 31.9 Å². The van der Waals surface area contributed by atoms with Crippen molar-refractivity contribution in [3.8, 4) is 0 Å². The lowest BCUT2D eigenvalue weighted by molar-refractivity contribution is 0.265. The van der Waals surface area contributed by atoms with Crippen LogP contribution < -0.4 is 0 Å². The van der Waals surface area contributed by atoms with Crippen molar-refractivity contribution >= 4 is 23.2 Å². The van der Waals surface area contributed by atoms with Crippen LogP contribution in [-0.4, -0.2) is 6.17 Å². The van der Waals surface area contributed by atoms with Crippen molar-refractivity contribution in [1.29, 1.82) is 0 Å². The van der Waals surface area contributed by atoms with Crippen LogP contribution in [0.2, 0.25) is 10.0 Å². The first-order valence-corrected chi connectivity index (χ1v) is 5.86. The first-order valence-electron chi connectivity index (χ1n) is 5.11. The van der Waals surface area contributed by atoms with E-state index >= 15 is 0 Å². The van der Waals surface area contributed by atoms with Crippen molar-refractivity contribution in [1.82, 2.24) is 0 Å². The maximum atomic E-state index is 13.0. The monoisotopic (exact) mass is 245 g/mol. The van der Waals surface area contributed by atoms with Crippen LogP contribution in [0.4, 0.5) is 4.39 Å². The summed E-state index contributed by atoms with van der Waals surface area (Å²) in [4.78, 5) is 0. The first-order chi connectivity index (χ1) is 7.16. The lowest BCUT2D eigenvalue weighted by atomic mass is 9.83. The summed E-state index contributed by atoms with van der Waals surface area (Å²) in [6, 6.07) is 5.63. The molecular weight excluding hydrogens is 234 g/mol. The molecule has 0 aromatic heterocycles. The van der Waals surface area contributed by atoms with E-state index in [1.54, 1.807) is 6.07 Å². The minimum absolute atomic E-state index is 0.570. The minimum Gasteiger partial charge on any atom is -0.247 e. The number of hydrogen-bond donors (Lipinski definition) is 0. The van der Waals surface area contributed by atoms with Crippen LogP contribution in [0.3, 0.4) is 0 Å². The minimum atomic E-state index is -0.628. The van der Waals surface area contributed by atoms with Gasteiger partial charge in [0.15, 0.2) is 0 Å². The molecule has 1 saturated carbocycles. The predicted molar refractivity (Wildman–Crippen MR) is 62.2 cm³/mol. The highest BCUT2D eigenvalue weighted by Gasteiger charge is 2.22. The van der Waals surface area contributed by atoms with Crippen molar-refractivity contribution in [2.75, 3.05) is 0 Å². The lowest BCUT2D eigenvalue weighted by Crippen LogP contribution is -2.14. The molecule has 0 bridgehead atoms. The largest absolute Gasteiger partial charge is 0.247 e. The molecule has 0 amide bonds. The number of rotatable bonds is 1. The Labute approximate surface area is 99.4 Å². The van der Waals surface area contributed by atoms with E-state index in [9.17, 15) is 4.39 Å². The molecule has 0 aliphatic heterocycles. The molecule has 3 heteroatoms. The molecule has 1 aliphatic carbocycles. The molecule has 0 spiro atoms. The highest BCUT2D eigenvalue weighted by Crippen LogP contribution is 2.35. The second kappa shape index (κ2) is 4.71. The lowest BCUT2D eigenvalue weighted by Gasteiger charge is -2.24. The Morgan fingerprint density at radius 1 is 1.07 bits per heavy atom. The first kappa shape index (κ1) is 11.2. The Balaban J connectivity index is 2.12. The van der Waals surface area contributed by atoms with Gasteiger partial charge in [-0.2, -0.15) is 0 Å². The molecule has 0 atom stereocenters. The van der Waals surface area contributed by atoms with Crippen molar-refractivity contribution in [2.24, 2.45) is 0 Å². The normalized spacial score (nSPS) is 19.4. The van der Waals surface area contributed by atoms with Crippen molar-refractivity contribution < 1.29 is 4.39 Å². The van der Waals surface area contributed by atoms with E-state index < -0.39 is 6.17 Å². The second-order valence-electron chi connectivity index (χ2n) is 3.91. The molecule has 2 rings (SSSR count). The molecule has 1 fully saturated rings. The molecule has 1 aromatic rings. The predicted octanol–water partition coefficient (Wildman–Crippen LogP) is 4.83. The van der Waals surface area contributed by atoms with Gasteiger partial charge in [0.2, 0.25) is 0 Å². The van der Waals surface area contributed by atoms with E-state index in [1.165, 1.54) is 5.92 Å². The Morgan fingerprint density at radius 3 is 2.33 bits per heavy atom. The van der Waals surface area contributed by atoms with E-state index in [2.05, 4.69) is 0 Å². The summed E-state index contributed by atoms with van der Waals surface area (Å²) < 4.78 is 13.0. The molecule has 0 saturated heterocycles. The zero-order chi connectivity index (χ0) is 10.8.